The molecule has 0 heterocycles. The number of rotatable bonds is 5. The van der Waals surface area contributed by atoms with E-state index in [4.69, 9.17) is 0 Å². The molecule has 0 fully saturated rings. The molecule has 1 nitrogen and oxygen atoms in total. The lowest BCUT2D eigenvalue weighted by Crippen LogP contribution is -2.38. The zero-order chi connectivity index (χ0) is 13.9. The summed E-state index contributed by atoms with van der Waals surface area (Å²) in [4.78, 5) is 0. The number of hydrogen-bond acceptors (Lipinski definition) is 1. The van der Waals surface area contributed by atoms with Gasteiger partial charge in [0.15, 0.2) is 0 Å². The minimum Gasteiger partial charge on any atom is -0.312 e. The van der Waals surface area contributed by atoms with Crippen molar-refractivity contribution in [2.24, 2.45) is 5.92 Å². The van der Waals surface area contributed by atoms with Crippen molar-refractivity contribution in [3.8, 4) is 0 Å². The standard InChI is InChI=1S/C14H20BrF2N/c1-8(2)18-10(4)9(3)7-11-13(16)6-5-12(15)14(11)17/h5-6,8-10,18H,7H2,1-4H3. The number of benzene rings is 1. The second kappa shape index (κ2) is 6.62. The van der Waals surface area contributed by atoms with Crippen molar-refractivity contribution >= 4 is 15.9 Å². The lowest BCUT2D eigenvalue weighted by molar-refractivity contribution is 0.364. The van der Waals surface area contributed by atoms with Crippen molar-refractivity contribution in [2.75, 3.05) is 0 Å². The topological polar surface area (TPSA) is 12.0 Å². The molecule has 0 aliphatic heterocycles. The van der Waals surface area contributed by atoms with Crippen molar-refractivity contribution < 1.29 is 8.78 Å². The molecular weight excluding hydrogens is 300 g/mol. The van der Waals surface area contributed by atoms with Gasteiger partial charge in [-0.2, -0.15) is 0 Å². The highest BCUT2D eigenvalue weighted by atomic mass is 79.9. The molecule has 0 aliphatic rings. The third kappa shape index (κ3) is 4.02. The van der Waals surface area contributed by atoms with Gasteiger partial charge in [-0.1, -0.05) is 20.8 Å². The van der Waals surface area contributed by atoms with Gasteiger partial charge in [-0.15, -0.1) is 0 Å². The monoisotopic (exact) mass is 319 g/mol. The number of halogens is 3. The van der Waals surface area contributed by atoms with Crippen LogP contribution in [0.15, 0.2) is 16.6 Å². The Kier molecular flexibility index (Phi) is 5.73. The van der Waals surface area contributed by atoms with Crippen molar-refractivity contribution in [2.45, 2.75) is 46.2 Å². The second-order valence-electron chi connectivity index (χ2n) is 5.11. The van der Waals surface area contributed by atoms with Crippen LogP contribution in [0.3, 0.4) is 0 Å². The molecule has 1 aromatic carbocycles. The maximum absolute atomic E-state index is 13.8. The van der Waals surface area contributed by atoms with E-state index in [0.29, 0.717) is 16.9 Å². The Morgan fingerprint density at radius 3 is 2.33 bits per heavy atom. The van der Waals surface area contributed by atoms with Crippen LogP contribution >= 0.6 is 15.9 Å². The summed E-state index contributed by atoms with van der Waals surface area (Å²) >= 11 is 3.09. The summed E-state index contributed by atoms with van der Waals surface area (Å²) in [7, 11) is 0. The molecule has 1 rings (SSSR count). The van der Waals surface area contributed by atoms with Crippen molar-refractivity contribution in [1.82, 2.24) is 5.32 Å². The van der Waals surface area contributed by atoms with E-state index in [1.54, 1.807) is 0 Å². The first-order chi connectivity index (χ1) is 8.32. The molecule has 0 spiro atoms. The predicted octanol–water partition coefficient (Wildman–Crippen LogP) is 4.29. The van der Waals surface area contributed by atoms with Crippen LogP contribution in [0, 0.1) is 17.6 Å². The summed E-state index contributed by atoms with van der Waals surface area (Å²) in [5, 5.41) is 3.36. The molecule has 102 valence electrons. The van der Waals surface area contributed by atoms with Crippen molar-refractivity contribution in [3.05, 3.63) is 33.8 Å². The van der Waals surface area contributed by atoms with Crippen LogP contribution in [-0.4, -0.2) is 12.1 Å². The highest BCUT2D eigenvalue weighted by Gasteiger charge is 2.19. The molecule has 0 saturated carbocycles. The predicted molar refractivity (Wildman–Crippen MR) is 74.7 cm³/mol. The van der Waals surface area contributed by atoms with Gasteiger partial charge in [-0.25, -0.2) is 8.78 Å². The molecule has 2 atom stereocenters. The maximum Gasteiger partial charge on any atom is 0.143 e. The third-order valence-corrected chi connectivity index (χ3v) is 3.73. The van der Waals surface area contributed by atoms with E-state index < -0.39 is 11.6 Å². The van der Waals surface area contributed by atoms with Gasteiger partial charge in [0.1, 0.15) is 11.6 Å². The van der Waals surface area contributed by atoms with Gasteiger partial charge < -0.3 is 5.32 Å². The second-order valence-corrected chi connectivity index (χ2v) is 5.97. The van der Waals surface area contributed by atoms with E-state index in [2.05, 4.69) is 35.1 Å². The third-order valence-electron chi connectivity index (χ3n) is 3.11. The Morgan fingerprint density at radius 2 is 1.78 bits per heavy atom. The zero-order valence-electron chi connectivity index (χ0n) is 11.2. The average molecular weight is 320 g/mol. The van der Waals surface area contributed by atoms with Gasteiger partial charge >= 0.3 is 0 Å². The highest BCUT2D eigenvalue weighted by molar-refractivity contribution is 9.10. The van der Waals surface area contributed by atoms with Gasteiger partial charge in [0, 0.05) is 17.6 Å². The van der Waals surface area contributed by atoms with Crippen molar-refractivity contribution in [3.63, 3.8) is 0 Å². The van der Waals surface area contributed by atoms with Crippen LogP contribution in [0.2, 0.25) is 0 Å². The van der Waals surface area contributed by atoms with E-state index in [9.17, 15) is 8.78 Å². The van der Waals surface area contributed by atoms with E-state index in [-0.39, 0.29) is 17.5 Å². The lowest BCUT2D eigenvalue weighted by Gasteiger charge is -2.24. The van der Waals surface area contributed by atoms with Gasteiger partial charge in [-0.05, 0) is 47.3 Å². The van der Waals surface area contributed by atoms with Gasteiger partial charge in [0.25, 0.3) is 0 Å². The van der Waals surface area contributed by atoms with E-state index >= 15 is 0 Å². The summed E-state index contributed by atoms with van der Waals surface area (Å²) in [6.07, 6.45) is 0.387. The number of hydrogen-bond donors (Lipinski definition) is 1. The minimum absolute atomic E-state index is 0.158. The van der Waals surface area contributed by atoms with Crippen LogP contribution in [0.25, 0.3) is 0 Å². The first kappa shape index (κ1) is 15.6. The molecule has 18 heavy (non-hydrogen) atoms. The number of nitrogens with one attached hydrogen (secondary N) is 1. The lowest BCUT2D eigenvalue weighted by atomic mass is 9.94. The SMILES string of the molecule is CC(C)NC(C)C(C)Cc1c(F)ccc(Br)c1F. The molecule has 0 aliphatic carbocycles. The maximum atomic E-state index is 13.8. The molecule has 2 unspecified atom stereocenters. The van der Waals surface area contributed by atoms with Gasteiger partial charge in [-0.3, -0.25) is 0 Å². The van der Waals surface area contributed by atoms with Gasteiger partial charge in [0.2, 0.25) is 0 Å². The molecule has 0 aromatic heterocycles. The van der Waals surface area contributed by atoms with Crippen LogP contribution in [-0.2, 0) is 6.42 Å². The summed E-state index contributed by atoms with van der Waals surface area (Å²) in [5.41, 5.74) is 0.161. The Balaban J connectivity index is 2.81. The Labute approximate surface area is 116 Å². The van der Waals surface area contributed by atoms with Gasteiger partial charge in [0.05, 0.1) is 4.47 Å². The summed E-state index contributed by atoms with van der Waals surface area (Å²) in [6, 6.07) is 3.27. The Hall–Kier alpha value is -0.480. The summed E-state index contributed by atoms with van der Waals surface area (Å²) in [6.45, 7) is 8.16. The van der Waals surface area contributed by atoms with Crippen LogP contribution in [0.5, 0.6) is 0 Å². The fourth-order valence-corrected chi connectivity index (χ4v) is 2.32. The Morgan fingerprint density at radius 1 is 1.17 bits per heavy atom. The minimum atomic E-state index is -0.487. The molecule has 0 radical (unpaired) electrons. The smallest absolute Gasteiger partial charge is 0.143 e. The normalized spacial score (nSPS) is 14.9. The fourth-order valence-electron chi connectivity index (χ4n) is 1.94. The molecule has 1 aromatic rings. The first-order valence-corrected chi connectivity index (χ1v) is 7.00. The molecule has 0 amide bonds. The van der Waals surface area contributed by atoms with Crippen molar-refractivity contribution in [1.29, 1.82) is 0 Å². The highest BCUT2D eigenvalue weighted by Crippen LogP contribution is 2.24. The molecule has 0 bridgehead atoms. The molecule has 4 heteroatoms. The quantitative estimate of drug-likeness (QED) is 0.798. The average Bonchev–Trinajstić information content (AvgIpc) is 2.28. The van der Waals surface area contributed by atoms with Crippen LogP contribution < -0.4 is 5.32 Å². The van der Waals surface area contributed by atoms with E-state index in [1.807, 2.05) is 13.8 Å². The van der Waals surface area contributed by atoms with Crippen LogP contribution in [0.1, 0.15) is 33.3 Å². The zero-order valence-corrected chi connectivity index (χ0v) is 12.8. The summed E-state index contributed by atoms with van der Waals surface area (Å²) in [5.74, 6) is -0.802. The largest absolute Gasteiger partial charge is 0.312 e. The van der Waals surface area contributed by atoms with E-state index in [0.717, 1.165) is 0 Å². The molecule has 1 N–H and O–H groups in total. The Bertz CT molecular complexity index is 407. The first-order valence-electron chi connectivity index (χ1n) is 6.21. The fraction of sp³-hybridized carbons (Fsp3) is 0.571. The van der Waals surface area contributed by atoms with Crippen LogP contribution in [0.4, 0.5) is 8.78 Å². The van der Waals surface area contributed by atoms with E-state index in [1.165, 1.54) is 12.1 Å². The molecule has 0 saturated heterocycles. The molecular formula is C14H20BrF2N. The summed E-state index contributed by atoms with van der Waals surface area (Å²) < 4.78 is 27.8.